The number of phenols is 2. The van der Waals surface area contributed by atoms with Crippen LogP contribution < -0.4 is 4.90 Å². The minimum Gasteiger partial charge on any atom is -0.504 e. The number of hydrogen-bond acceptors (Lipinski definition) is 4. The van der Waals surface area contributed by atoms with Crippen molar-refractivity contribution in [3.8, 4) is 23.3 Å². The van der Waals surface area contributed by atoms with Gasteiger partial charge in [0.25, 0.3) is 0 Å². The van der Waals surface area contributed by atoms with Gasteiger partial charge in [0, 0.05) is 23.7 Å². The van der Waals surface area contributed by atoms with E-state index >= 15 is 0 Å². The second-order valence-electron chi connectivity index (χ2n) is 6.59. The number of carbonyl (C=O) groups is 1. The van der Waals surface area contributed by atoms with Crippen LogP contribution in [-0.4, -0.2) is 27.1 Å². The zero-order chi connectivity index (χ0) is 19.2. The number of allylic oxidation sites excluding steroid dienone is 1. The molecule has 1 aliphatic carbocycles. The van der Waals surface area contributed by atoms with Gasteiger partial charge in [-0.25, -0.2) is 4.98 Å². The van der Waals surface area contributed by atoms with Crippen LogP contribution in [0.25, 0.3) is 5.57 Å². The lowest BCUT2D eigenvalue weighted by Gasteiger charge is -2.32. The minimum absolute atomic E-state index is 0.0985. The standard InChI is InChI=1S/C22H22N2O3/c1-16(17-11-12-19(25)20(26)15-17)10-13-22(27)24(18-7-3-2-4-8-18)21-9-5-6-14-23-21/h5-6,9,11-12,14-15,18,25-26H,1-4,7-8H2. The topological polar surface area (TPSA) is 73.7 Å². The summed E-state index contributed by atoms with van der Waals surface area (Å²) in [6.45, 7) is 3.86. The van der Waals surface area contributed by atoms with Gasteiger partial charge < -0.3 is 10.2 Å². The molecule has 1 heterocycles. The summed E-state index contributed by atoms with van der Waals surface area (Å²) in [7, 11) is 0. The lowest BCUT2D eigenvalue weighted by atomic mass is 9.94. The Hall–Kier alpha value is -3.26. The molecule has 27 heavy (non-hydrogen) atoms. The molecule has 1 amide bonds. The average molecular weight is 362 g/mol. The maximum absolute atomic E-state index is 12.9. The minimum atomic E-state index is -0.315. The van der Waals surface area contributed by atoms with Gasteiger partial charge in [0.2, 0.25) is 0 Å². The Bertz CT molecular complexity index is 891. The summed E-state index contributed by atoms with van der Waals surface area (Å²) < 4.78 is 0. The molecule has 3 rings (SSSR count). The Morgan fingerprint density at radius 3 is 2.52 bits per heavy atom. The van der Waals surface area contributed by atoms with Crippen LogP contribution in [0.1, 0.15) is 37.7 Å². The predicted octanol–water partition coefficient (Wildman–Crippen LogP) is 3.88. The van der Waals surface area contributed by atoms with E-state index in [1.165, 1.54) is 18.6 Å². The van der Waals surface area contributed by atoms with Gasteiger partial charge in [-0.3, -0.25) is 9.69 Å². The van der Waals surface area contributed by atoms with Gasteiger partial charge in [-0.15, -0.1) is 0 Å². The van der Waals surface area contributed by atoms with Gasteiger partial charge in [-0.2, -0.15) is 0 Å². The van der Waals surface area contributed by atoms with Crippen molar-refractivity contribution in [2.75, 3.05) is 4.90 Å². The lowest BCUT2D eigenvalue weighted by molar-refractivity contribution is -0.114. The molecule has 1 saturated carbocycles. The number of benzene rings is 1. The Morgan fingerprint density at radius 1 is 1.07 bits per heavy atom. The number of phenolic OH excluding ortho intramolecular Hbond substituents is 2. The largest absolute Gasteiger partial charge is 0.504 e. The molecule has 0 atom stereocenters. The molecule has 0 aliphatic heterocycles. The molecule has 138 valence electrons. The van der Waals surface area contributed by atoms with Crippen LogP contribution in [-0.2, 0) is 4.79 Å². The first-order chi connectivity index (χ1) is 13.1. The fraction of sp³-hybridized carbons (Fsp3) is 0.273. The second-order valence-corrected chi connectivity index (χ2v) is 6.59. The fourth-order valence-electron chi connectivity index (χ4n) is 3.26. The number of amides is 1. The van der Waals surface area contributed by atoms with Crippen LogP contribution in [0.15, 0.2) is 49.2 Å². The molecule has 5 nitrogen and oxygen atoms in total. The van der Waals surface area contributed by atoms with E-state index in [4.69, 9.17) is 0 Å². The Labute approximate surface area is 159 Å². The van der Waals surface area contributed by atoms with Crippen LogP contribution in [0.2, 0.25) is 0 Å². The first-order valence-electron chi connectivity index (χ1n) is 9.04. The summed E-state index contributed by atoms with van der Waals surface area (Å²) in [6.07, 6.45) is 6.92. The van der Waals surface area contributed by atoms with Gasteiger partial charge in [0.15, 0.2) is 11.5 Å². The molecular weight excluding hydrogens is 340 g/mol. The van der Waals surface area contributed by atoms with Crippen molar-refractivity contribution < 1.29 is 15.0 Å². The summed E-state index contributed by atoms with van der Waals surface area (Å²) in [5.41, 5.74) is 0.941. The Kier molecular flexibility index (Phi) is 5.77. The molecule has 0 radical (unpaired) electrons. The van der Waals surface area contributed by atoms with Crippen molar-refractivity contribution in [3.05, 3.63) is 54.7 Å². The van der Waals surface area contributed by atoms with E-state index in [1.807, 2.05) is 18.2 Å². The molecule has 1 aliphatic rings. The highest BCUT2D eigenvalue weighted by molar-refractivity contribution is 6.07. The third-order valence-electron chi connectivity index (χ3n) is 4.70. The predicted molar refractivity (Wildman–Crippen MR) is 105 cm³/mol. The molecule has 0 unspecified atom stereocenters. The summed E-state index contributed by atoms with van der Waals surface area (Å²) in [5.74, 6) is 5.27. The molecule has 2 aromatic rings. The number of pyridine rings is 1. The van der Waals surface area contributed by atoms with E-state index in [-0.39, 0.29) is 23.4 Å². The molecular formula is C22H22N2O3. The van der Waals surface area contributed by atoms with Crippen molar-refractivity contribution in [1.29, 1.82) is 0 Å². The van der Waals surface area contributed by atoms with Crippen molar-refractivity contribution in [2.24, 2.45) is 0 Å². The molecule has 5 heteroatoms. The van der Waals surface area contributed by atoms with Crippen molar-refractivity contribution in [3.63, 3.8) is 0 Å². The van der Waals surface area contributed by atoms with Crippen LogP contribution in [0.5, 0.6) is 11.5 Å². The number of aromatic hydroxyl groups is 2. The van der Waals surface area contributed by atoms with Gasteiger partial charge in [0.05, 0.1) is 0 Å². The maximum Gasteiger partial charge on any atom is 0.304 e. The molecule has 2 N–H and O–H groups in total. The van der Waals surface area contributed by atoms with Gasteiger partial charge >= 0.3 is 5.91 Å². The van der Waals surface area contributed by atoms with Crippen molar-refractivity contribution in [2.45, 2.75) is 38.1 Å². The molecule has 1 aromatic heterocycles. The highest BCUT2D eigenvalue weighted by atomic mass is 16.3. The van der Waals surface area contributed by atoms with Crippen molar-refractivity contribution in [1.82, 2.24) is 4.98 Å². The highest BCUT2D eigenvalue weighted by Crippen LogP contribution is 2.28. The van der Waals surface area contributed by atoms with Crippen molar-refractivity contribution >= 4 is 17.3 Å². The number of carbonyl (C=O) groups excluding carboxylic acids is 1. The maximum atomic E-state index is 12.9. The zero-order valence-electron chi connectivity index (χ0n) is 15.1. The van der Waals surface area contributed by atoms with Gasteiger partial charge in [0.1, 0.15) is 5.82 Å². The number of aromatic nitrogens is 1. The number of rotatable bonds is 3. The van der Waals surface area contributed by atoms with E-state index in [9.17, 15) is 15.0 Å². The third kappa shape index (κ3) is 4.48. The lowest BCUT2D eigenvalue weighted by Crippen LogP contribution is -2.41. The first-order valence-corrected chi connectivity index (χ1v) is 9.04. The van der Waals surface area contributed by atoms with Gasteiger partial charge in [-0.1, -0.05) is 37.8 Å². The van der Waals surface area contributed by atoms with Gasteiger partial charge in [-0.05, 0) is 48.7 Å². The molecule has 0 bridgehead atoms. The number of nitrogens with zero attached hydrogens (tertiary/aromatic N) is 2. The SMILES string of the molecule is C=C(C#CC(=O)N(c1ccccn1)C1CCCCC1)c1ccc(O)c(O)c1. The van der Waals surface area contributed by atoms with Crippen LogP contribution in [0.4, 0.5) is 5.82 Å². The third-order valence-corrected chi connectivity index (χ3v) is 4.70. The highest BCUT2D eigenvalue weighted by Gasteiger charge is 2.26. The average Bonchev–Trinajstić information content (AvgIpc) is 2.70. The normalized spacial score (nSPS) is 14.1. The summed E-state index contributed by atoms with van der Waals surface area (Å²) in [6, 6.07) is 9.92. The molecule has 0 saturated heterocycles. The van der Waals surface area contributed by atoms with E-state index in [2.05, 4.69) is 23.4 Å². The smallest absolute Gasteiger partial charge is 0.304 e. The summed E-state index contributed by atoms with van der Waals surface area (Å²) in [5, 5.41) is 19.0. The molecule has 1 fully saturated rings. The summed E-state index contributed by atoms with van der Waals surface area (Å²) >= 11 is 0. The van der Waals surface area contributed by atoms with E-state index in [0.717, 1.165) is 25.7 Å². The monoisotopic (exact) mass is 362 g/mol. The number of anilines is 1. The molecule has 0 spiro atoms. The van der Waals surface area contributed by atoms with Crippen LogP contribution in [0, 0.1) is 11.8 Å². The number of hydrogen-bond donors (Lipinski definition) is 2. The Balaban J connectivity index is 1.83. The fourth-order valence-corrected chi connectivity index (χ4v) is 3.26. The van der Waals surface area contributed by atoms with Crippen LogP contribution >= 0.6 is 0 Å². The quantitative estimate of drug-likeness (QED) is 0.642. The molecule has 1 aromatic carbocycles. The Morgan fingerprint density at radius 2 is 1.85 bits per heavy atom. The second kappa shape index (κ2) is 8.41. The van der Waals surface area contributed by atoms with Crippen LogP contribution in [0.3, 0.4) is 0 Å². The zero-order valence-corrected chi connectivity index (χ0v) is 15.1. The van der Waals surface area contributed by atoms with E-state index in [1.54, 1.807) is 17.2 Å². The first kappa shape index (κ1) is 18.5. The van der Waals surface area contributed by atoms with E-state index < -0.39 is 0 Å². The summed E-state index contributed by atoms with van der Waals surface area (Å²) in [4.78, 5) is 18.9. The van der Waals surface area contributed by atoms with E-state index in [0.29, 0.717) is 17.0 Å².